The molecule has 3 heterocycles. The molecule has 3 aromatic carbocycles. The standard InChI is InChI=1S/C33H34N2O6/c1-4-16-34(24-15-14-21-10-8-9-13-23(21)17-24)30(38)28-33-18-20(2)32(3,41-33)27(31(39)40)26(33)29(37)35(28)25(19-36)22-11-6-5-7-12-22/h4-15,17,20,25-28,36H,1,16,18-19H2,2-3H3,(H,39,40)/t20?,25-,26+,27+,28?,32-,33?/m1/s1. The lowest BCUT2D eigenvalue weighted by molar-refractivity contribution is -0.157. The van der Waals surface area contributed by atoms with E-state index in [1.54, 1.807) is 42.2 Å². The van der Waals surface area contributed by atoms with Gasteiger partial charge in [0.05, 0.1) is 24.2 Å². The van der Waals surface area contributed by atoms with E-state index < -0.39 is 59.5 Å². The van der Waals surface area contributed by atoms with Crippen molar-refractivity contribution in [3.63, 3.8) is 0 Å². The highest BCUT2D eigenvalue weighted by molar-refractivity contribution is 6.05. The third-order valence-electron chi connectivity index (χ3n) is 9.57. The Kier molecular flexibility index (Phi) is 6.51. The summed E-state index contributed by atoms with van der Waals surface area (Å²) < 4.78 is 6.66. The lowest BCUT2D eigenvalue weighted by Gasteiger charge is -2.39. The predicted octanol–water partition coefficient (Wildman–Crippen LogP) is 4.19. The number of carboxylic acids is 1. The number of likely N-dealkylation sites (tertiary alicyclic amines) is 1. The Bertz CT molecular complexity index is 1540. The van der Waals surface area contributed by atoms with Crippen molar-refractivity contribution in [1.82, 2.24) is 4.90 Å². The van der Waals surface area contributed by atoms with Crippen LogP contribution in [0.15, 0.2) is 85.5 Å². The van der Waals surface area contributed by atoms with Crippen LogP contribution >= 0.6 is 0 Å². The van der Waals surface area contributed by atoms with Crippen molar-refractivity contribution < 1.29 is 29.3 Å². The lowest BCUT2D eigenvalue weighted by Crippen LogP contribution is -2.57. The minimum Gasteiger partial charge on any atom is -0.481 e. The highest BCUT2D eigenvalue weighted by atomic mass is 16.5. The van der Waals surface area contributed by atoms with Crippen molar-refractivity contribution in [2.24, 2.45) is 17.8 Å². The van der Waals surface area contributed by atoms with Crippen molar-refractivity contribution in [2.45, 2.75) is 43.6 Å². The average Bonchev–Trinajstić information content (AvgIpc) is 3.49. The van der Waals surface area contributed by atoms with Crippen LogP contribution in [0.4, 0.5) is 5.69 Å². The topological polar surface area (TPSA) is 107 Å². The number of anilines is 1. The molecule has 2 bridgehead atoms. The third kappa shape index (κ3) is 3.85. The minimum atomic E-state index is -1.36. The van der Waals surface area contributed by atoms with Crippen LogP contribution in [0.3, 0.4) is 0 Å². The van der Waals surface area contributed by atoms with Gasteiger partial charge in [-0.2, -0.15) is 0 Å². The van der Waals surface area contributed by atoms with Gasteiger partial charge in [-0.25, -0.2) is 0 Å². The average molecular weight is 555 g/mol. The van der Waals surface area contributed by atoms with Crippen LogP contribution in [-0.2, 0) is 19.1 Å². The number of ether oxygens (including phenoxy) is 1. The van der Waals surface area contributed by atoms with Crippen LogP contribution < -0.4 is 4.90 Å². The van der Waals surface area contributed by atoms with Crippen LogP contribution in [-0.4, -0.2) is 63.3 Å². The number of carbonyl (C=O) groups excluding carboxylic acids is 2. The zero-order chi connectivity index (χ0) is 29.1. The molecule has 6 rings (SSSR count). The molecule has 8 nitrogen and oxygen atoms in total. The van der Waals surface area contributed by atoms with Crippen LogP contribution in [0.2, 0.25) is 0 Å². The summed E-state index contributed by atoms with van der Waals surface area (Å²) in [5.74, 6) is -4.39. The molecule has 3 unspecified atom stereocenters. The summed E-state index contributed by atoms with van der Waals surface area (Å²) in [6.07, 6.45) is 1.98. The number of rotatable bonds is 8. The van der Waals surface area contributed by atoms with Crippen molar-refractivity contribution in [3.05, 3.63) is 91.0 Å². The molecular weight excluding hydrogens is 520 g/mol. The first kappa shape index (κ1) is 27.2. The Hall–Kier alpha value is -4.01. The molecule has 3 saturated heterocycles. The van der Waals surface area contributed by atoms with E-state index >= 15 is 0 Å². The number of carbonyl (C=O) groups is 3. The van der Waals surface area contributed by atoms with Crippen LogP contribution in [0.25, 0.3) is 10.8 Å². The number of amides is 2. The molecule has 0 radical (unpaired) electrons. The predicted molar refractivity (Wildman–Crippen MR) is 154 cm³/mol. The molecule has 3 aromatic rings. The number of hydrogen-bond donors (Lipinski definition) is 2. The molecule has 7 atom stereocenters. The Balaban J connectivity index is 1.53. The van der Waals surface area contributed by atoms with E-state index in [2.05, 4.69) is 6.58 Å². The van der Waals surface area contributed by atoms with E-state index in [4.69, 9.17) is 4.74 Å². The van der Waals surface area contributed by atoms with Crippen molar-refractivity contribution >= 4 is 34.2 Å². The van der Waals surface area contributed by atoms with Crippen molar-refractivity contribution in [2.75, 3.05) is 18.1 Å². The molecule has 3 fully saturated rings. The van der Waals surface area contributed by atoms with E-state index in [0.717, 1.165) is 10.8 Å². The number of aliphatic hydroxyl groups excluding tert-OH is 1. The van der Waals surface area contributed by atoms with Crippen LogP contribution in [0.1, 0.15) is 31.9 Å². The van der Waals surface area contributed by atoms with Crippen molar-refractivity contribution in [1.29, 1.82) is 0 Å². The number of benzene rings is 3. The van der Waals surface area contributed by atoms with E-state index in [0.29, 0.717) is 17.7 Å². The number of aliphatic carboxylic acids is 1. The summed E-state index contributed by atoms with van der Waals surface area (Å²) in [5.41, 5.74) is -1.18. The quantitative estimate of drug-likeness (QED) is 0.405. The number of nitrogens with zero attached hydrogens (tertiary/aromatic N) is 2. The van der Waals surface area contributed by atoms with Gasteiger partial charge in [0, 0.05) is 12.2 Å². The molecule has 3 aliphatic rings. The van der Waals surface area contributed by atoms with Gasteiger partial charge in [-0.1, -0.05) is 73.7 Å². The smallest absolute Gasteiger partial charge is 0.310 e. The SMILES string of the molecule is C=CCN(C(=O)C1N([C@H](CO)c2ccccc2)C(=O)[C@@H]2[C@@H](C(=O)O)[C@]3(C)OC12CC3C)c1ccc2ccccc2c1. The zero-order valence-corrected chi connectivity index (χ0v) is 23.1. The molecule has 1 spiro atoms. The van der Waals surface area contributed by atoms with Gasteiger partial charge in [-0.15, -0.1) is 6.58 Å². The molecule has 212 valence electrons. The van der Waals surface area contributed by atoms with E-state index in [1.165, 1.54) is 4.90 Å². The fraction of sp³-hybridized carbons (Fsp3) is 0.364. The molecule has 8 heteroatoms. The van der Waals surface area contributed by atoms with Gasteiger partial charge in [-0.05, 0) is 47.7 Å². The fourth-order valence-electron chi connectivity index (χ4n) is 7.64. The second-order valence-corrected chi connectivity index (χ2v) is 11.7. The first-order valence-electron chi connectivity index (χ1n) is 14.0. The highest BCUT2D eigenvalue weighted by Crippen LogP contribution is 2.66. The first-order chi connectivity index (χ1) is 19.7. The Morgan fingerprint density at radius 1 is 1.12 bits per heavy atom. The fourth-order valence-corrected chi connectivity index (χ4v) is 7.64. The third-order valence-corrected chi connectivity index (χ3v) is 9.57. The summed E-state index contributed by atoms with van der Waals surface area (Å²) in [4.78, 5) is 44.9. The molecule has 0 saturated carbocycles. The second kappa shape index (κ2) is 9.82. The first-order valence-corrected chi connectivity index (χ1v) is 14.0. The maximum Gasteiger partial charge on any atom is 0.310 e. The molecular formula is C33H34N2O6. The van der Waals surface area contributed by atoms with E-state index in [-0.39, 0.29) is 12.5 Å². The van der Waals surface area contributed by atoms with E-state index in [1.807, 2.05) is 55.5 Å². The summed E-state index contributed by atoms with van der Waals surface area (Å²) in [6, 6.07) is 20.6. The Morgan fingerprint density at radius 2 is 1.80 bits per heavy atom. The van der Waals surface area contributed by atoms with Gasteiger partial charge in [0.2, 0.25) is 5.91 Å². The van der Waals surface area contributed by atoms with Gasteiger partial charge in [0.15, 0.2) is 0 Å². The molecule has 41 heavy (non-hydrogen) atoms. The summed E-state index contributed by atoms with van der Waals surface area (Å²) in [6.45, 7) is 7.27. The van der Waals surface area contributed by atoms with Crippen LogP contribution in [0, 0.1) is 17.8 Å². The second-order valence-electron chi connectivity index (χ2n) is 11.7. The van der Waals surface area contributed by atoms with Crippen molar-refractivity contribution in [3.8, 4) is 0 Å². The molecule has 2 N–H and O–H groups in total. The molecule has 0 aliphatic carbocycles. The number of aliphatic hydroxyl groups is 1. The van der Waals surface area contributed by atoms with Gasteiger partial charge < -0.3 is 24.7 Å². The molecule has 2 amide bonds. The number of hydrogen-bond acceptors (Lipinski definition) is 5. The maximum atomic E-state index is 14.9. The van der Waals surface area contributed by atoms with E-state index in [9.17, 15) is 24.6 Å². The monoisotopic (exact) mass is 554 g/mol. The van der Waals surface area contributed by atoms with Gasteiger partial charge in [-0.3, -0.25) is 14.4 Å². The molecule has 3 aliphatic heterocycles. The normalized spacial score (nSPS) is 30.8. The Morgan fingerprint density at radius 3 is 2.46 bits per heavy atom. The zero-order valence-electron chi connectivity index (χ0n) is 23.1. The molecule has 0 aromatic heterocycles. The van der Waals surface area contributed by atoms with Gasteiger partial charge in [0.25, 0.3) is 5.91 Å². The summed E-state index contributed by atoms with van der Waals surface area (Å²) in [5, 5.41) is 23.0. The lowest BCUT2D eigenvalue weighted by atomic mass is 9.62. The number of carboxylic acid groups (broad SMARTS) is 1. The maximum absolute atomic E-state index is 14.9. The van der Waals surface area contributed by atoms with Gasteiger partial charge in [0.1, 0.15) is 17.6 Å². The minimum absolute atomic E-state index is 0.167. The van der Waals surface area contributed by atoms with Crippen LogP contribution in [0.5, 0.6) is 0 Å². The summed E-state index contributed by atoms with van der Waals surface area (Å²) >= 11 is 0. The van der Waals surface area contributed by atoms with Gasteiger partial charge >= 0.3 is 5.97 Å². The largest absolute Gasteiger partial charge is 0.481 e. The highest BCUT2D eigenvalue weighted by Gasteiger charge is 2.80. The summed E-state index contributed by atoms with van der Waals surface area (Å²) in [7, 11) is 0. The Labute approximate surface area is 238 Å². The number of fused-ring (bicyclic) bond motifs is 2.